The van der Waals surface area contributed by atoms with E-state index in [0.29, 0.717) is 11.7 Å². The first-order valence-corrected chi connectivity index (χ1v) is 6.27. The molecule has 5 nitrogen and oxygen atoms in total. The Labute approximate surface area is 104 Å². The normalized spacial score (nSPS) is 21.1. The van der Waals surface area contributed by atoms with E-state index in [1.54, 1.807) is 6.20 Å². The number of nitrogens with zero attached hydrogens (tertiary/aromatic N) is 4. The number of fused-ring (bicyclic) bond motifs is 1. The Balaban J connectivity index is 2.11. The highest BCUT2D eigenvalue weighted by Crippen LogP contribution is 2.29. The Kier molecular flexibility index (Phi) is 2.63. The Morgan fingerprint density at radius 3 is 3.12 bits per heavy atom. The van der Waals surface area contributed by atoms with Gasteiger partial charge in [-0.15, -0.1) is 0 Å². The van der Waals surface area contributed by atoms with Crippen LogP contribution in [0.1, 0.15) is 26.2 Å². The van der Waals surface area contributed by atoms with Gasteiger partial charge in [0.15, 0.2) is 5.65 Å². The van der Waals surface area contributed by atoms with Gasteiger partial charge in [0.25, 0.3) is 0 Å². The molecule has 0 spiro atoms. The Hall–Kier alpha value is -1.36. The van der Waals surface area contributed by atoms with E-state index in [-0.39, 0.29) is 5.28 Å². The molecule has 0 aliphatic carbocycles. The van der Waals surface area contributed by atoms with Gasteiger partial charge in [0.05, 0.1) is 11.6 Å². The van der Waals surface area contributed by atoms with Crippen LogP contribution < -0.4 is 4.90 Å². The van der Waals surface area contributed by atoms with Gasteiger partial charge in [-0.2, -0.15) is 15.1 Å². The zero-order valence-corrected chi connectivity index (χ0v) is 10.4. The van der Waals surface area contributed by atoms with Gasteiger partial charge >= 0.3 is 0 Å². The van der Waals surface area contributed by atoms with Gasteiger partial charge < -0.3 is 4.90 Å². The fourth-order valence-electron chi connectivity index (χ4n) is 2.42. The lowest BCUT2D eigenvalue weighted by atomic mass is 10.0. The van der Waals surface area contributed by atoms with E-state index in [1.807, 2.05) is 0 Å². The van der Waals surface area contributed by atoms with Crippen molar-refractivity contribution in [2.45, 2.75) is 32.2 Å². The summed E-state index contributed by atoms with van der Waals surface area (Å²) in [5.74, 6) is 0.904. The van der Waals surface area contributed by atoms with Crippen LogP contribution in [-0.2, 0) is 0 Å². The second-order valence-corrected chi connectivity index (χ2v) is 4.82. The minimum atomic E-state index is 0.273. The first-order valence-electron chi connectivity index (χ1n) is 5.89. The lowest BCUT2D eigenvalue weighted by molar-refractivity contribution is 0.482. The number of hydrogen-bond donors (Lipinski definition) is 1. The Morgan fingerprint density at radius 1 is 1.41 bits per heavy atom. The van der Waals surface area contributed by atoms with E-state index < -0.39 is 0 Å². The predicted octanol–water partition coefficient (Wildman–Crippen LogP) is 2.39. The summed E-state index contributed by atoms with van der Waals surface area (Å²) >= 11 is 5.95. The van der Waals surface area contributed by atoms with Crippen LogP contribution in [-0.4, -0.2) is 32.8 Å². The fourth-order valence-corrected chi connectivity index (χ4v) is 2.59. The van der Waals surface area contributed by atoms with Crippen LogP contribution in [0.3, 0.4) is 0 Å². The fraction of sp³-hybridized carbons (Fsp3) is 0.545. The number of hydrogen-bond acceptors (Lipinski definition) is 4. The van der Waals surface area contributed by atoms with Crippen LogP contribution in [0, 0.1) is 0 Å². The number of anilines is 1. The molecule has 1 aliphatic rings. The molecular formula is C11H14ClN5. The minimum Gasteiger partial charge on any atom is -0.353 e. The molecule has 0 bridgehead atoms. The van der Waals surface area contributed by atoms with Crippen molar-refractivity contribution >= 4 is 28.5 Å². The van der Waals surface area contributed by atoms with Gasteiger partial charge in [0.1, 0.15) is 5.82 Å². The smallest absolute Gasteiger partial charge is 0.226 e. The maximum Gasteiger partial charge on any atom is 0.226 e. The summed E-state index contributed by atoms with van der Waals surface area (Å²) < 4.78 is 0. The van der Waals surface area contributed by atoms with Crippen molar-refractivity contribution in [3.63, 3.8) is 0 Å². The maximum atomic E-state index is 5.95. The lowest BCUT2D eigenvalue weighted by Crippen LogP contribution is -2.38. The number of aromatic amines is 1. The third-order valence-electron chi connectivity index (χ3n) is 3.34. The second kappa shape index (κ2) is 4.14. The van der Waals surface area contributed by atoms with Crippen molar-refractivity contribution in [3.05, 3.63) is 11.5 Å². The van der Waals surface area contributed by atoms with Crippen LogP contribution in [0.5, 0.6) is 0 Å². The van der Waals surface area contributed by atoms with Gasteiger partial charge in [-0.05, 0) is 37.8 Å². The van der Waals surface area contributed by atoms with Crippen LogP contribution in [0.2, 0.25) is 5.28 Å². The van der Waals surface area contributed by atoms with Crippen molar-refractivity contribution in [2.24, 2.45) is 0 Å². The van der Waals surface area contributed by atoms with Crippen molar-refractivity contribution in [3.8, 4) is 0 Å². The van der Waals surface area contributed by atoms with Gasteiger partial charge in [0, 0.05) is 12.6 Å². The summed E-state index contributed by atoms with van der Waals surface area (Å²) in [5, 5.41) is 8.07. The van der Waals surface area contributed by atoms with Gasteiger partial charge in [-0.3, -0.25) is 5.10 Å². The number of halogens is 1. The number of aromatic nitrogens is 4. The molecule has 17 heavy (non-hydrogen) atoms. The zero-order chi connectivity index (χ0) is 11.8. The molecule has 90 valence electrons. The third-order valence-corrected chi connectivity index (χ3v) is 3.51. The first-order chi connectivity index (χ1) is 8.25. The SMILES string of the molecule is CC1CCCCN1c1nc(Cl)nc2[nH]ncc12. The predicted molar refractivity (Wildman–Crippen MR) is 67.4 cm³/mol. The Morgan fingerprint density at radius 2 is 2.29 bits per heavy atom. The van der Waals surface area contributed by atoms with E-state index in [1.165, 1.54) is 19.3 Å². The topological polar surface area (TPSA) is 57.7 Å². The molecule has 1 N–H and O–H groups in total. The molecule has 1 unspecified atom stereocenters. The van der Waals surface area contributed by atoms with E-state index in [9.17, 15) is 0 Å². The van der Waals surface area contributed by atoms with Crippen molar-refractivity contribution in [1.82, 2.24) is 20.2 Å². The molecule has 1 aliphatic heterocycles. The van der Waals surface area contributed by atoms with Crippen LogP contribution in [0.25, 0.3) is 11.0 Å². The highest BCUT2D eigenvalue weighted by Gasteiger charge is 2.22. The molecule has 6 heteroatoms. The zero-order valence-electron chi connectivity index (χ0n) is 9.65. The average Bonchev–Trinajstić information content (AvgIpc) is 2.76. The molecule has 2 aromatic heterocycles. The van der Waals surface area contributed by atoms with E-state index >= 15 is 0 Å². The lowest BCUT2D eigenvalue weighted by Gasteiger charge is -2.34. The molecule has 0 aromatic carbocycles. The number of rotatable bonds is 1. The molecule has 3 heterocycles. The molecule has 0 radical (unpaired) electrons. The minimum absolute atomic E-state index is 0.273. The van der Waals surface area contributed by atoms with Gasteiger partial charge in [-0.25, -0.2) is 0 Å². The standard InChI is InChI=1S/C11H14ClN5/c1-7-4-2-3-5-17(7)10-8-6-13-16-9(8)14-11(12)15-10/h6-7H,2-5H2,1H3,(H,13,14,15,16). The monoisotopic (exact) mass is 251 g/mol. The molecular weight excluding hydrogens is 238 g/mol. The van der Waals surface area contributed by atoms with Crippen LogP contribution in [0.4, 0.5) is 5.82 Å². The van der Waals surface area contributed by atoms with Gasteiger partial charge in [0.2, 0.25) is 5.28 Å². The van der Waals surface area contributed by atoms with E-state index in [0.717, 1.165) is 17.7 Å². The largest absolute Gasteiger partial charge is 0.353 e. The molecule has 2 aromatic rings. The highest BCUT2D eigenvalue weighted by molar-refractivity contribution is 6.28. The molecule has 1 atom stereocenters. The molecule has 0 amide bonds. The summed E-state index contributed by atoms with van der Waals surface area (Å²) in [6, 6.07) is 0.493. The van der Waals surface area contributed by atoms with Crippen molar-refractivity contribution in [2.75, 3.05) is 11.4 Å². The maximum absolute atomic E-state index is 5.95. The summed E-state index contributed by atoms with van der Waals surface area (Å²) in [5.41, 5.74) is 0.706. The second-order valence-electron chi connectivity index (χ2n) is 4.49. The average molecular weight is 252 g/mol. The van der Waals surface area contributed by atoms with Gasteiger partial charge in [-0.1, -0.05) is 0 Å². The van der Waals surface area contributed by atoms with Crippen LogP contribution in [0.15, 0.2) is 6.20 Å². The number of H-pyrrole nitrogens is 1. The summed E-state index contributed by atoms with van der Waals surface area (Å²) in [4.78, 5) is 10.8. The third kappa shape index (κ3) is 1.84. The van der Waals surface area contributed by atoms with Crippen molar-refractivity contribution < 1.29 is 0 Å². The highest BCUT2D eigenvalue weighted by atomic mass is 35.5. The number of piperidine rings is 1. The molecule has 3 rings (SSSR count). The summed E-state index contributed by atoms with van der Waals surface area (Å²) in [6.07, 6.45) is 5.44. The van der Waals surface area contributed by atoms with E-state index in [4.69, 9.17) is 11.6 Å². The summed E-state index contributed by atoms with van der Waals surface area (Å²) in [7, 11) is 0. The quantitative estimate of drug-likeness (QED) is 0.791. The number of nitrogens with one attached hydrogen (secondary N) is 1. The summed E-state index contributed by atoms with van der Waals surface area (Å²) in [6.45, 7) is 3.25. The van der Waals surface area contributed by atoms with Crippen LogP contribution >= 0.6 is 11.6 Å². The van der Waals surface area contributed by atoms with Crippen molar-refractivity contribution in [1.29, 1.82) is 0 Å². The van der Waals surface area contributed by atoms with E-state index in [2.05, 4.69) is 32.0 Å². The molecule has 1 fully saturated rings. The molecule has 1 saturated heterocycles. The first kappa shape index (κ1) is 10.8. The molecule has 0 saturated carbocycles. The Bertz CT molecular complexity index is 538.